The molecule has 1 aliphatic heterocycles. The second kappa shape index (κ2) is 9.54. The summed E-state index contributed by atoms with van der Waals surface area (Å²) in [7, 11) is 0. The Labute approximate surface area is 191 Å². The first-order valence-corrected chi connectivity index (χ1v) is 10.7. The monoisotopic (exact) mass is 544 g/mol. The van der Waals surface area contributed by atoms with Crippen molar-refractivity contribution in [3.63, 3.8) is 0 Å². The minimum atomic E-state index is -4.75. The third-order valence-corrected chi connectivity index (χ3v) is 6.10. The van der Waals surface area contributed by atoms with Crippen LogP contribution in [0.15, 0.2) is 42.5 Å². The summed E-state index contributed by atoms with van der Waals surface area (Å²) in [6.45, 7) is 0.782. The van der Waals surface area contributed by atoms with E-state index < -0.39 is 34.7 Å². The first kappa shape index (κ1) is 23.5. The Morgan fingerprint density at radius 1 is 1.19 bits per heavy atom. The van der Waals surface area contributed by atoms with E-state index in [1.54, 1.807) is 0 Å². The van der Waals surface area contributed by atoms with Crippen molar-refractivity contribution in [2.75, 3.05) is 18.5 Å². The number of aliphatic hydroxyl groups is 1. The predicted molar refractivity (Wildman–Crippen MR) is 116 cm³/mol. The summed E-state index contributed by atoms with van der Waals surface area (Å²) in [6, 6.07) is 11.8. The number of ether oxygens (including phenoxy) is 1. The van der Waals surface area contributed by atoms with Crippen molar-refractivity contribution in [1.29, 1.82) is 5.26 Å². The number of benzene rings is 2. The SMILES string of the molecule is N#Cc1ccc(NC(=O)C(O)(Cc2ccc(I)cc2)C2CCOCC2)cc1C(F)(F)F. The number of carbonyl (C=O) groups is 1. The van der Waals surface area contributed by atoms with E-state index in [0.717, 1.165) is 15.2 Å². The summed E-state index contributed by atoms with van der Waals surface area (Å²) in [5, 5.41) is 22.9. The highest BCUT2D eigenvalue weighted by Gasteiger charge is 2.44. The quantitative estimate of drug-likeness (QED) is 0.543. The van der Waals surface area contributed by atoms with Crippen LogP contribution in [0, 0.1) is 20.8 Å². The Kier molecular flexibility index (Phi) is 7.24. The number of amides is 1. The molecule has 1 unspecified atom stereocenters. The lowest BCUT2D eigenvalue weighted by atomic mass is 9.77. The Hall–Kier alpha value is -2.16. The summed E-state index contributed by atoms with van der Waals surface area (Å²) in [4.78, 5) is 13.2. The van der Waals surface area contributed by atoms with E-state index >= 15 is 0 Å². The molecule has 0 aliphatic carbocycles. The van der Waals surface area contributed by atoms with Gasteiger partial charge in [0.15, 0.2) is 0 Å². The fourth-order valence-electron chi connectivity index (χ4n) is 3.69. The molecular weight excluding hydrogens is 524 g/mol. The zero-order valence-electron chi connectivity index (χ0n) is 16.4. The minimum absolute atomic E-state index is 0.0167. The van der Waals surface area contributed by atoms with Gasteiger partial charge >= 0.3 is 6.18 Å². The lowest BCUT2D eigenvalue weighted by Crippen LogP contribution is -2.52. The fourth-order valence-corrected chi connectivity index (χ4v) is 4.05. The van der Waals surface area contributed by atoms with E-state index in [4.69, 9.17) is 10.00 Å². The number of rotatable bonds is 5. The number of anilines is 1. The molecule has 1 fully saturated rings. The number of nitriles is 1. The average molecular weight is 544 g/mol. The minimum Gasteiger partial charge on any atom is -0.381 e. The molecule has 0 radical (unpaired) electrons. The van der Waals surface area contributed by atoms with Gasteiger partial charge in [-0.15, -0.1) is 0 Å². The molecule has 1 saturated heterocycles. The third kappa shape index (κ3) is 5.56. The highest BCUT2D eigenvalue weighted by Crippen LogP contribution is 2.35. The van der Waals surface area contributed by atoms with Gasteiger partial charge in [-0.25, -0.2) is 0 Å². The van der Waals surface area contributed by atoms with Gasteiger partial charge in [0.2, 0.25) is 0 Å². The maximum absolute atomic E-state index is 13.3. The van der Waals surface area contributed by atoms with Crippen LogP contribution in [0.3, 0.4) is 0 Å². The van der Waals surface area contributed by atoms with Crippen molar-refractivity contribution >= 4 is 34.2 Å². The van der Waals surface area contributed by atoms with E-state index in [1.807, 2.05) is 24.3 Å². The van der Waals surface area contributed by atoms with Gasteiger partial charge in [-0.3, -0.25) is 4.79 Å². The summed E-state index contributed by atoms with van der Waals surface area (Å²) < 4.78 is 46.1. The molecular formula is C22H20F3IN2O3. The van der Waals surface area contributed by atoms with Crippen LogP contribution in [0.2, 0.25) is 0 Å². The van der Waals surface area contributed by atoms with E-state index in [9.17, 15) is 23.1 Å². The van der Waals surface area contributed by atoms with Crippen molar-refractivity contribution in [2.45, 2.75) is 31.0 Å². The van der Waals surface area contributed by atoms with Crippen molar-refractivity contribution in [3.8, 4) is 6.07 Å². The van der Waals surface area contributed by atoms with Gasteiger partial charge in [-0.2, -0.15) is 18.4 Å². The van der Waals surface area contributed by atoms with Crippen LogP contribution in [0.25, 0.3) is 0 Å². The molecule has 0 spiro atoms. The molecule has 164 valence electrons. The van der Waals surface area contributed by atoms with Crippen LogP contribution in [0.1, 0.15) is 29.5 Å². The van der Waals surface area contributed by atoms with E-state index in [1.165, 1.54) is 12.1 Å². The Bertz CT molecular complexity index is 983. The maximum Gasteiger partial charge on any atom is 0.417 e. The summed E-state index contributed by atoms with van der Waals surface area (Å²) in [6.07, 6.45) is -3.82. The van der Waals surface area contributed by atoms with Crippen LogP contribution in [0.4, 0.5) is 18.9 Å². The van der Waals surface area contributed by atoms with Gasteiger partial charge in [0, 0.05) is 34.8 Å². The van der Waals surface area contributed by atoms with Gasteiger partial charge in [-0.05, 0) is 71.3 Å². The smallest absolute Gasteiger partial charge is 0.381 e. The van der Waals surface area contributed by atoms with Crippen LogP contribution >= 0.6 is 22.6 Å². The predicted octanol–water partition coefficient (Wildman–Crippen LogP) is 4.52. The Morgan fingerprint density at radius 3 is 2.42 bits per heavy atom. The number of halogens is 4. The molecule has 1 amide bonds. The molecule has 0 aromatic heterocycles. The molecule has 0 bridgehead atoms. The van der Waals surface area contributed by atoms with Gasteiger partial charge in [-0.1, -0.05) is 12.1 Å². The second-order valence-corrected chi connectivity index (χ2v) is 8.68. The molecule has 9 heteroatoms. The van der Waals surface area contributed by atoms with E-state index in [-0.39, 0.29) is 12.1 Å². The van der Waals surface area contributed by atoms with Gasteiger partial charge in [0.05, 0.1) is 17.2 Å². The molecule has 5 nitrogen and oxygen atoms in total. The van der Waals surface area contributed by atoms with Crippen LogP contribution in [-0.2, 0) is 22.1 Å². The highest BCUT2D eigenvalue weighted by molar-refractivity contribution is 14.1. The largest absolute Gasteiger partial charge is 0.417 e. The second-order valence-electron chi connectivity index (χ2n) is 7.44. The number of carbonyl (C=O) groups excluding carboxylic acids is 1. The van der Waals surface area contributed by atoms with E-state index in [2.05, 4.69) is 27.9 Å². The van der Waals surface area contributed by atoms with Crippen LogP contribution < -0.4 is 5.32 Å². The van der Waals surface area contributed by atoms with Crippen LogP contribution in [-0.4, -0.2) is 29.8 Å². The van der Waals surface area contributed by atoms with Crippen molar-refractivity contribution in [2.24, 2.45) is 5.92 Å². The number of hydrogen-bond acceptors (Lipinski definition) is 4. The Morgan fingerprint density at radius 2 is 1.84 bits per heavy atom. The highest BCUT2D eigenvalue weighted by atomic mass is 127. The average Bonchev–Trinajstić information content (AvgIpc) is 2.75. The molecule has 31 heavy (non-hydrogen) atoms. The molecule has 3 rings (SSSR count). The maximum atomic E-state index is 13.3. The first-order valence-electron chi connectivity index (χ1n) is 9.61. The molecule has 2 aromatic carbocycles. The lowest BCUT2D eigenvalue weighted by Gasteiger charge is -2.37. The standard InChI is InChI=1S/C22H20F3IN2O3/c23-22(24,25)19-11-18(6-3-15(19)13-27)28-20(29)21(30,16-7-9-31-10-8-16)12-14-1-4-17(26)5-2-14/h1-6,11,16,30H,7-10,12H2,(H,28,29). The number of nitrogens with one attached hydrogen (secondary N) is 1. The topological polar surface area (TPSA) is 82.4 Å². The van der Waals surface area contributed by atoms with Gasteiger partial charge in [0.1, 0.15) is 5.60 Å². The van der Waals surface area contributed by atoms with Crippen molar-refractivity contribution in [1.82, 2.24) is 0 Å². The van der Waals surface area contributed by atoms with Gasteiger partial charge in [0.25, 0.3) is 5.91 Å². The lowest BCUT2D eigenvalue weighted by molar-refractivity contribution is -0.144. The Balaban J connectivity index is 1.91. The molecule has 1 atom stereocenters. The zero-order chi connectivity index (χ0) is 22.6. The molecule has 1 heterocycles. The van der Waals surface area contributed by atoms with Gasteiger partial charge < -0.3 is 15.2 Å². The fraction of sp³-hybridized carbons (Fsp3) is 0.364. The molecule has 2 aromatic rings. The third-order valence-electron chi connectivity index (χ3n) is 5.38. The zero-order valence-corrected chi connectivity index (χ0v) is 18.5. The molecule has 0 saturated carbocycles. The van der Waals surface area contributed by atoms with Crippen molar-refractivity contribution < 1.29 is 27.8 Å². The number of hydrogen-bond donors (Lipinski definition) is 2. The van der Waals surface area contributed by atoms with Crippen LogP contribution in [0.5, 0.6) is 0 Å². The summed E-state index contributed by atoms with van der Waals surface area (Å²) >= 11 is 2.15. The summed E-state index contributed by atoms with van der Waals surface area (Å²) in [5.74, 6) is -1.20. The number of nitrogens with zero attached hydrogens (tertiary/aromatic N) is 1. The first-order chi connectivity index (χ1) is 14.6. The molecule has 1 aliphatic rings. The normalized spacial score (nSPS) is 16.9. The number of alkyl halides is 3. The van der Waals surface area contributed by atoms with Crippen molar-refractivity contribution in [3.05, 3.63) is 62.7 Å². The summed E-state index contributed by atoms with van der Waals surface area (Å²) in [5.41, 5.74) is -2.91. The van der Waals surface area contributed by atoms with E-state index in [0.29, 0.717) is 32.1 Å². The molecule has 2 N–H and O–H groups in total.